The number of carboxylic acid groups (broad SMARTS) is 2. The van der Waals surface area contributed by atoms with Crippen molar-refractivity contribution in [3.05, 3.63) is 40.3 Å². The van der Waals surface area contributed by atoms with Crippen LogP contribution in [0, 0.1) is 6.92 Å². The van der Waals surface area contributed by atoms with Gasteiger partial charge in [0.25, 0.3) is 5.79 Å². The number of hydrogen-bond donors (Lipinski definition) is 4. The van der Waals surface area contributed by atoms with E-state index in [1.54, 1.807) is 6.92 Å². The van der Waals surface area contributed by atoms with Crippen molar-refractivity contribution in [1.29, 1.82) is 0 Å². The number of ether oxygens (including phenoxy) is 1. The van der Waals surface area contributed by atoms with Gasteiger partial charge in [-0.3, -0.25) is 9.78 Å². The molecule has 0 spiro atoms. The molecule has 0 aromatic carbocycles. The van der Waals surface area contributed by atoms with Crippen LogP contribution >= 0.6 is 0 Å². The number of nitrogens with one attached hydrogen (secondary N) is 1. The molecule has 0 aliphatic heterocycles. The minimum absolute atomic E-state index is 0.0216. The Hall–Kier alpha value is -3.04. The summed E-state index contributed by atoms with van der Waals surface area (Å²) >= 11 is 0. The average Bonchev–Trinajstić information content (AvgIpc) is 2.98. The van der Waals surface area contributed by atoms with E-state index in [1.807, 2.05) is 0 Å². The molecule has 0 radical (unpaired) electrons. The van der Waals surface area contributed by atoms with Crippen LogP contribution in [0.15, 0.2) is 12.1 Å². The molecule has 1 aliphatic rings. The largest absolute Gasteiger partial charge is 0.478 e. The smallest absolute Gasteiger partial charge is 0.352 e. The van der Waals surface area contributed by atoms with Crippen molar-refractivity contribution in [2.24, 2.45) is 0 Å². The number of fused-ring (bicyclic) bond motifs is 3. The second-order valence-electron chi connectivity index (χ2n) is 5.52. The Labute approximate surface area is 140 Å². The van der Waals surface area contributed by atoms with E-state index in [1.165, 1.54) is 13.0 Å². The number of pyridine rings is 1. The van der Waals surface area contributed by atoms with Gasteiger partial charge in [0.1, 0.15) is 11.4 Å². The molecule has 2 aromatic rings. The van der Waals surface area contributed by atoms with Gasteiger partial charge < -0.3 is 25.0 Å². The van der Waals surface area contributed by atoms with Gasteiger partial charge in [-0.25, -0.2) is 9.59 Å². The van der Waals surface area contributed by atoms with Crippen LogP contribution in [0.4, 0.5) is 0 Å². The number of rotatable bonds is 4. The van der Waals surface area contributed by atoms with E-state index in [0.29, 0.717) is 0 Å². The first-order chi connectivity index (χ1) is 11.7. The summed E-state index contributed by atoms with van der Waals surface area (Å²) in [4.78, 5) is 42.3. The maximum absolute atomic E-state index is 12.7. The van der Waals surface area contributed by atoms with Crippen molar-refractivity contribution in [2.45, 2.75) is 19.6 Å². The summed E-state index contributed by atoms with van der Waals surface area (Å²) in [7, 11) is 0. The molecule has 0 saturated heterocycles. The number of hydrogen-bond acceptors (Lipinski definition) is 6. The molecule has 130 valence electrons. The third-order valence-electron chi connectivity index (χ3n) is 3.90. The van der Waals surface area contributed by atoms with Gasteiger partial charge in [0, 0.05) is 17.9 Å². The van der Waals surface area contributed by atoms with E-state index in [9.17, 15) is 24.6 Å². The molecule has 1 aliphatic carbocycles. The summed E-state index contributed by atoms with van der Waals surface area (Å²) in [6.45, 7) is 3.01. The van der Waals surface area contributed by atoms with Crippen LogP contribution in [0.1, 0.15) is 49.5 Å². The predicted molar refractivity (Wildman–Crippen MR) is 82.5 cm³/mol. The van der Waals surface area contributed by atoms with Crippen LogP contribution in [0.3, 0.4) is 0 Å². The maximum Gasteiger partial charge on any atom is 0.352 e. The highest BCUT2D eigenvalue weighted by Gasteiger charge is 2.50. The molecule has 25 heavy (non-hydrogen) atoms. The lowest BCUT2D eigenvalue weighted by molar-refractivity contribution is -0.173. The van der Waals surface area contributed by atoms with E-state index >= 15 is 0 Å². The number of aromatic nitrogens is 2. The van der Waals surface area contributed by atoms with Crippen molar-refractivity contribution in [3.8, 4) is 11.3 Å². The Morgan fingerprint density at radius 3 is 2.52 bits per heavy atom. The van der Waals surface area contributed by atoms with Crippen LogP contribution < -0.4 is 0 Å². The normalized spacial score (nSPS) is 18.6. The molecule has 2 heterocycles. The summed E-state index contributed by atoms with van der Waals surface area (Å²) in [6, 6.07) is 2.31. The Balaban J connectivity index is 2.45. The Morgan fingerprint density at radius 2 is 1.96 bits per heavy atom. The summed E-state index contributed by atoms with van der Waals surface area (Å²) in [5.41, 5.74) is -0.828. The SMILES string of the molecule is CCOC1(O)C(=O)c2cc(C(=O)O)[nH]c2-c2c(C(=O)O)cc(C)nc21. The van der Waals surface area contributed by atoms with Gasteiger partial charge in [0.15, 0.2) is 0 Å². The van der Waals surface area contributed by atoms with Crippen LogP contribution in [-0.4, -0.2) is 49.6 Å². The van der Waals surface area contributed by atoms with Crippen LogP contribution in [0.2, 0.25) is 0 Å². The summed E-state index contributed by atoms with van der Waals surface area (Å²) in [6.07, 6.45) is 0. The van der Waals surface area contributed by atoms with Gasteiger partial charge in [-0.2, -0.15) is 0 Å². The van der Waals surface area contributed by atoms with Gasteiger partial charge in [-0.15, -0.1) is 0 Å². The second kappa shape index (κ2) is 5.50. The number of carboxylic acids is 2. The molecule has 4 N–H and O–H groups in total. The molecule has 2 aromatic heterocycles. The van der Waals surface area contributed by atoms with Gasteiger partial charge in [0.05, 0.1) is 16.8 Å². The van der Waals surface area contributed by atoms with Crippen molar-refractivity contribution in [3.63, 3.8) is 0 Å². The highest BCUT2D eigenvalue weighted by atomic mass is 16.6. The molecule has 0 bridgehead atoms. The van der Waals surface area contributed by atoms with Crippen molar-refractivity contribution in [1.82, 2.24) is 9.97 Å². The number of aliphatic hydroxyl groups is 1. The zero-order valence-corrected chi connectivity index (χ0v) is 13.3. The first-order valence-corrected chi connectivity index (χ1v) is 7.34. The minimum atomic E-state index is -2.49. The lowest BCUT2D eigenvalue weighted by Gasteiger charge is -2.32. The number of Topliss-reactive ketones (excluding diaryl/α,β-unsaturated/α-hetero) is 1. The van der Waals surface area contributed by atoms with Crippen LogP contribution in [0.5, 0.6) is 0 Å². The molecular weight excluding hydrogens is 332 g/mol. The van der Waals surface area contributed by atoms with Crippen molar-refractivity contribution >= 4 is 17.7 Å². The molecule has 3 rings (SSSR count). The first-order valence-electron chi connectivity index (χ1n) is 7.34. The minimum Gasteiger partial charge on any atom is -0.478 e. The van der Waals surface area contributed by atoms with Crippen molar-refractivity contribution in [2.75, 3.05) is 6.61 Å². The first kappa shape index (κ1) is 16.8. The summed E-state index contributed by atoms with van der Waals surface area (Å²) in [5.74, 6) is -6.05. The standard InChI is InChI=1S/C16H14N2O7/c1-3-25-16(24)12-10(7(14(20)21)4-6(2)17-12)11-8(13(16)19)5-9(18-11)15(22)23/h4-5,18,24H,3H2,1-2H3,(H,20,21)(H,22,23). The summed E-state index contributed by atoms with van der Waals surface area (Å²) in [5, 5.41) is 29.5. The number of nitrogens with zero attached hydrogens (tertiary/aromatic N) is 1. The van der Waals surface area contributed by atoms with Crippen molar-refractivity contribution < 1.29 is 34.4 Å². The number of aromatic amines is 1. The quantitative estimate of drug-likeness (QED) is 0.602. The monoisotopic (exact) mass is 346 g/mol. The van der Waals surface area contributed by atoms with E-state index in [2.05, 4.69) is 9.97 Å². The fourth-order valence-electron chi connectivity index (χ4n) is 2.92. The molecule has 1 atom stereocenters. The van der Waals surface area contributed by atoms with Gasteiger partial charge in [0.2, 0.25) is 5.78 Å². The zero-order chi connectivity index (χ0) is 18.5. The Morgan fingerprint density at radius 1 is 1.28 bits per heavy atom. The van der Waals surface area contributed by atoms with E-state index in [4.69, 9.17) is 9.84 Å². The fourth-order valence-corrected chi connectivity index (χ4v) is 2.92. The Kier molecular flexibility index (Phi) is 3.70. The third-order valence-corrected chi connectivity index (χ3v) is 3.90. The highest BCUT2D eigenvalue weighted by Crippen LogP contribution is 2.43. The van der Waals surface area contributed by atoms with Gasteiger partial charge in [-0.1, -0.05) is 0 Å². The average molecular weight is 346 g/mol. The lowest BCUT2D eigenvalue weighted by atomic mass is 9.85. The van der Waals surface area contributed by atoms with E-state index in [0.717, 1.165) is 6.07 Å². The number of aryl methyl sites for hydroxylation is 1. The van der Waals surface area contributed by atoms with Crippen LogP contribution in [0.25, 0.3) is 11.3 Å². The lowest BCUT2D eigenvalue weighted by Crippen LogP contribution is -2.43. The maximum atomic E-state index is 12.7. The molecule has 9 nitrogen and oxygen atoms in total. The number of aromatic carboxylic acids is 2. The zero-order valence-electron chi connectivity index (χ0n) is 13.3. The van der Waals surface area contributed by atoms with Crippen LogP contribution in [-0.2, 0) is 10.5 Å². The Bertz CT molecular complexity index is 931. The number of carbonyl (C=O) groups excluding carboxylic acids is 1. The highest BCUT2D eigenvalue weighted by molar-refractivity contribution is 6.14. The predicted octanol–water partition coefficient (Wildman–Crippen LogP) is 1.16. The molecule has 0 fully saturated rings. The molecule has 0 amide bonds. The molecule has 1 unspecified atom stereocenters. The van der Waals surface area contributed by atoms with Gasteiger partial charge in [-0.05, 0) is 26.0 Å². The fraction of sp³-hybridized carbons (Fsp3) is 0.250. The van der Waals surface area contributed by atoms with E-state index in [-0.39, 0.29) is 46.1 Å². The molecule has 0 saturated carbocycles. The number of ketones is 1. The molecular formula is C16H14N2O7. The van der Waals surface area contributed by atoms with E-state index < -0.39 is 23.5 Å². The third kappa shape index (κ3) is 2.32. The topological polar surface area (TPSA) is 150 Å². The summed E-state index contributed by atoms with van der Waals surface area (Å²) < 4.78 is 5.21. The molecule has 9 heteroatoms. The number of H-pyrrole nitrogens is 1. The second-order valence-corrected chi connectivity index (χ2v) is 5.52. The number of carbonyl (C=O) groups is 3. The van der Waals surface area contributed by atoms with Gasteiger partial charge >= 0.3 is 11.9 Å².